The van der Waals surface area contributed by atoms with E-state index >= 15 is 0 Å². The first-order valence-corrected chi connectivity index (χ1v) is 8.83. The molecule has 24 heavy (non-hydrogen) atoms. The second-order valence-corrected chi connectivity index (χ2v) is 6.76. The summed E-state index contributed by atoms with van der Waals surface area (Å²) >= 11 is 0. The number of ether oxygens (including phenoxy) is 1. The van der Waals surface area contributed by atoms with E-state index in [0.717, 1.165) is 39.1 Å². The van der Waals surface area contributed by atoms with Gasteiger partial charge in [0.05, 0.1) is 12.7 Å². The van der Waals surface area contributed by atoms with Crippen LogP contribution in [0.15, 0.2) is 30.3 Å². The maximum Gasteiger partial charge on any atom is 0.125 e. The molecule has 0 aliphatic carbocycles. The van der Waals surface area contributed by atoms with Gasteiger partial charge in [0.2, 0.25) is 0 Å². The Morgan fingerprint density at radius 1 is 1.21 bits per heavy atom. The number of nitrogens with zero attached hydrogens (tertiary/aromatic N) is 2. The summed E-state index contributed by atoms with van der Waals surface area (Å²) in [5.74, 6) is 2.66. The molecule has 0 aromatic heterocycles. The van der Waals surface area contributed by atoms with Crippen molar-refractivity contribution in [1.29, 1.82) is 0 Å². The maximum atomic E-state index is 10.2. The van der Waals surface area contributed by atoms with Gasteiger partial charge in [0.25, 0.3) is 0 Å². The molecule has 0 radical (unpaired) electrons. The van der Waals surface area contributed by atoms with Gasteiger partial charge in [-0.3, -0.25) is 9.80 Å². The lowest BCUT2D eigenvalue weighted by atomic mass is 10.1. The Balaban J connectivity index is 1.68. The van der Waals surface area contributed by atoms with Crippen LogP contribution in [0.1, 0.15) is 25.8 Å². The Bertz CT molecular complexity index is 520. The van der Waals surface area contributed by atoms with Crippen LogP contribution in [0.3, 0.4) is 0 Å². The van der Waals surface area contributed by atoms with Crippen LogP contribution in [-0.4, -0.2) is 65.9 Å². The minimum atomic E-state index is -0.574. The quantitative estimate of drug-likeness (QED) is 0.740. The Morgan fingerprint density at radius 2 is 1.83 bits per heavy atom. The molecule has 0 amide bonds. The molecular formula is C20H30N2O2. The van der Waals surface area contributed by atoms with E-state index in [2.05, 4.69) is 46.1 Å². The molecule has 2 rings (SSSR count). The Morgan fingerprint density at radius 3 is 2.42 bits per heavy atom. The lowest BCUT2D eigenvalue weighted by Gasteiger charge is -2.36. The van der Waals surface area contributed by atoms with Gasteiger partial charge < -0.3 is 9.84 Å². The first-order valence-electron chi connectivity index (χ1n) is 8.83. The van der Waals surface area contributed by atoms with Crippen LogP contribution in [0.25, 0.3) is 0 Å². The Hall–Kier alpha value is -1.38. The zero-order valence-corrected chi connectivity index (χ0v) is 14.9. The van der Waals surface area contributed by atoms with E-state index in [9.17, 15) is 5.11 Å². The molecule has 0 bridgehead atoms. The van der Waals surface area contributed by atoms with E-state index in [1.807, 2.05) is 13.8 Å². The number of hydrogen-bond donors (Lipinski definition) is 1. The van der Waals surface area contributed by atoms with Crippen molar-refractivity contribution in [1.82, 2.24) is 9.80 Å². The highest BCUT2D eigenvalue weighted by atomic mass is 16.5. The number of β-amino-alcohol motifs (C(OH)–C–C–N with tert-alkyl or cyclic N) is 1. The third-order valence-electron chi connectivity index (χ3n) is 4.76. The summed E-state index contributed by atoms with van der Waals surface area (Å²) < 4.78 is 5.71. The zero-order valence-electron chi connectivity index (χ0n) is 14.9. The number of terminal acetylenes is 1. The van der Waals surface area contributed by atoms with Gasteiger partial charge in [0.15, 0.2) is 0 Å². The molecule has 1 aliphatic rings. The van der Waals surface area contributed by atoms with Crippen molar-refractivity contribution >= 4 is 0 Å². The molecule has 1 aliphatic heterocycles. The first-order chi connectivity index (χ1) is 11.5. The molecule has 1 fully saturated rings. The second kappa shape index (κ2) is 9.19. The van der Waals surface area contributed by atoms with Crippen LogP contribution in [0.2, 0.25) is 0 Å². The Labute approximate surface area is 146 Å². The first kappa shape index (κ1) is 19.0. The average Bonchev–Trinajstić information content (AvgIpc) is 2.62. The summed E-state index contributed by atoms with van der Waals surface area (Å²) in [5, 5.41) is 10.2. The van der Waals surface area contributed by atoms with Crippen LogP contribution in [0.4, 0.5) is 0 Å². The van der Waals surface area contributed by atoms with Crippen LogP contribution in [-0.2, 0) is 11.3 Å². The lowest BCUT2D eigenvalue weighted by molar-refractivity contribution is -0.0501. The van der Waals surface area contributed by atoms with Crippen LogP contribution in [0, 0.1) is 12.3 Å². The summed E-state index contributed by atoms with van der Waals surface area (Å²) in [6.45, 7) is 9.83. The number of piperazine rings is 1. The van der Waals surface area contributed by atoms with Crippen molar-refractivity contribution in [2.45, 2.75) is 38.5 Å². The van der Waals surface area contributed by atoms with Crippen molar-refractivity contribution in [2.75, 3.05) is 39.3 Å². The highest BCUT2D eigenvalue weighted by Gasteiger charge is 2.23. The summed E-state index contributed by atoms with van der Waals surface area (Å²) in [6, 6.07) is 10.6. The molecule has 0 saturated carbocycles. The SMILES string of the molecule is C#C[C@](C)(CC)OC[C@H](O)CN1CCN(Cc2ccccc2)CC1. The molecule has 1 aromatic rings. The third kappa shape index (κ3) is 5.92. The summed E-state index contributed by atoms with van der Waals surface area (Å²) in [6.07, 6.45) is 5.74. The average molecular weight is 330 g/mol. The van der Waals surface area contributed by atoms with Gasteiger partial charge in [-0.15, -0.1) is 6.42 Å². The van der Waals surface area contributed by atoms with Crippen LogP contribution >= 0.6 is 0 Å². The molecule has 0 unspecified atom stereocenters. The molecule has 4 nitrogen and oxygen atoms in total. The third-order valence-corrected chi connectivity index (χ3v) is 4.76. The van der Waals surface area contributed by atoms with E-state index in [0.29, 0.717) is 13.2 Å². The zero-order chi connectivity index (χ0) is 17.4. The van der Waals surface area contributed by atoms with Gasteiger partial charge in [0.1, 0.15) is 5.60 Å². The van der Waals surface area contributed by atoms with Crippen molar-refractivity contribution in [3.63, 3.8) is 0 Å². The largest absolute Gasteiger partial charge is 0.389 e. The number of benzene rings is 1. The summed E-state index contributed by atoms with van der Waals surface area (Å²) in [4.78, 5) is 4.76. The molecule has 1 saturated heterocycles. The van der Waals surface area contributed by atoms with Crippen molar-refractivity contribution < 1.29 is 9.84 Å². The molecular weight excluding hydrogens is 300 g/mol. The molecule has 4 heteroatoms. The monoisotopic (exact) mass is 330 g/mol. The fraction of sp³-hybridized carbons (Fsp3) is 0.600. The molecule has 1 aromatic carbocycles. The molecule has 1 heterocycles. The van der Waals surface area contributed by atoms with Crippen molar-refractivity contribution in [3.8, 4) is 12.3 Å². The maximum absolute atomic E-state index is 10.2. The minimum Gasteiger partial charge on any atom is -0.389 e. The fourth-order valence-corrected chi connectivity index (χ4v) is 2.85. The van der Waals surface area contributed by atoms with Crippen LogP contribution < -0.4 is 0 Å². The van der Waals surface area contributed by atoms with E-state index in [-0.39, 0.29) is 0 Å². The molecule has 0 spiro atoms. The summed E-state index contributed by atoms with van der Waals surface area (Å²) in [7, 11) is 0. The second-order valence-electron chi connectivity index (χ2n) is 6.76. The standard InChI is InChI=1S/C20H30N2O2/c1-4-20(3,5-2)24-17-19(23)16-22-13-11-21(12-14-22)15-18-9-7-6-8-10-18/h1,6-10,19,23H,5,11-17H2,2-3H3/t19-,20-/m1/s1. The summed E-state index contributed by atoms with van der Waals surface area (Å²) in [5.41, 5.74) is 0.780. The highest BCUT2D eigenvalue weighted by molar-refractivity contribution is 5.14. The van der Waals surface area contributed by atoms with E-state index in [1.54, 1.807) is 0 Å². The Kier molecular flexibility index (Phi) is 7.26. The normalized spacial score (nSPS) is 20.2. The van der Waals surface area contributed by atoms with Gasteiger partial charge >= 0.3 is 0 Å². The van der Waals surface area contributed by atoms with E-state index in [4.69, 9.17) is 11.2 Å². The molecule has 2 atom stereocenters. The van der Waals surface area contributed by atoms with Crippen LogP contribution in [0.5, 0.6) is 0 Å². The molecule has 132 valence electrons. The minimum absolute atomic E-state index is 0.290. The van der Waals surface area contributed by atoms with Gasteiger partial charge in [-0.1, -0.05) is 43.2 Å². The van der Waals surface area contributed by atoms with E-state index in [1.165, 1.54) is 5.56 Å². The van der Waals surface area contributed by atoms with Gasteiger partial charge in [-0.2, -0.15) is 0 Å². The molecule has 1 N–H and O–H groups in total. The number of hydrogen-bond acceptors (Lipinski definition) is 4. The highest BCUT2D eigenvalue weighted by Crippen LogP contribution is 2.14. The predicted octanol–water partition coefficient (Wildman–Crippen LogP) is 1.98. The van der Waals surface area contributed by atoms with Gasteiger partial charge in [0, 0.05) is 39.3 Å². The predicted molar refractivity (Wildman–Crippen MR) is 97.6 cm³/mol. The van der Waals surface area contributed by atoms with E-state index < -0.39 is 11.7 Å². The topological polar surface area (TPSA) is 35.9 Å². The van der Waals surface area contributed by atoms with Crippen molar-refractivity contribution in [3.05, 3.63) is 35.9 Å². The number of aliphatic hydroxyl groups is 1. The van der Waals surface area contributed by atoms with Gasteiger partial charge in [-0.25, -0.2) is 0 Å². The number of rotatable bonds is 8. The fourth-order valence-electron chi connectivity index (χ4n) is 2.85. The smallest absolute Gasteiger partial charge is 0.125 e. The number of aliphatic hydroxyl groups excluding tert-OH is 1. The van der Waals surface area contributed by atoms with Crippen molar-refractivity contribution in [2.24, 2.45) is 0 Å². The van der Waals surface area contributed by atoms with Gasteiger partial charge in [-0.05, 0) is 18.9 Å². The lowest BCUT2D eigenvalue weighted by Crippen LogP contribution is -2.49.